The summed E-state index contributed by atoms with van der Waals surface area (Å²) in [5.41, 5.74) is 2.59. The number of methoxy groups -OCH3 is 2. The van der Waals surface area contributed by atoms with Crippen molar-refractivity contribution in [3.05, 3.63) is 65.5 Å². The number of nitrogens with zero attached hydrogens (tertiary/aromatic N) is 2. The Morgan fingerprint density at radius 1 is 1.18 bits per heavy atom. The molecule has 0 radical (unpaired) electrons. The molecule has 0 bridgehead atoms. The van der Waals surface area contributed by atoms with E-state index in [2.05, 4.69) is 16.9 Å². The first-order valence-electron chi connectivity index (χ1n) is 8.96. The number of rotatable bonds is 6. The maximum absolute atomic E-state index is 12.9. The minimum absolute atomic E-state index is 0.205. The van der Waals surface area contributed by atoms with Crippen molar-refractivity contribution in [3.63, 3.8) is 0 Å². The molecule has 0 atom stereocenters. The average Bonchev–Trinajstić information content (AvgIpc) is 2.75. The Balaban J connectivity index is 1.79. The zero-order valence-corrected chi connectivity index (χ0v) is 16.0. The quantitative estimate of drug-likeness (QED) is 0.776. The van der Waals surface area contributed by atoms with Crippen LogP contribution in [0.4, 0.5) is 0 Å². The molecule has 1 aliphatic rings. The second-order valence-corrected chi connectivity index (χ2v) is 6.36. The molecule has 1 aliphatic heterocycles. The van der Waals surface area contributed by atoms with Crippen molar-refractivity contribution in [2.75, 3.05) is 27.3 Å². The van der Waals surface area contributed by atoms with Gasteiger partial charge in [-0.15, -0.1) is 6.58 Å². The monoisotopic (exact) mass is 381 g/mol. The van der Waals surface area contributed by atoms with Crippen LogP contribution in [0.15, 0.2) is 43.0 Å². The van der Waals surface area contributed by atoms with E-state index in [1.165, 1.54) is 0 Å². The Kier molecular flexibility index (Phi) is 5.93. The number of pyridine rings is 1. The van der Waals surface area contributed by atoms with Crippen LogP contribution in [-0.2, 0) is 13.0 Å². The lowest BCUT2D eigenvalue weighted by molar-refractivity contribution is 0.0728. The summed E-state index contributed by atoms with van der Waals surface area (Å²) < 4.78 is 10.7. The number of carbonyl (C=O) groups excluding carboxylic acids is 2. The number of nitrogens with one attached hydrogen (secondary N) is 1. The normalized spacial score (nSPS) is 12.7. The van der Waals surface area contributed by atoms with Gasteiger partial charge in [-0.25, -0.2) is 4.98 Å². The molecule has 1 aromatic carbocycles. The summed E-state index contributed by atoms with van der Waals surface area (Å²) in [5, 5.41) is 2.66. The number of carbonyl (C=O) groups is 2. The van der Waals surface area contributed by atoms with Crippen molar-refractivity contribution >= 4 is 11.8 Å². The SMILES string of the molecule is C=CCNC(=O)c1cccc(C(=O)N2CCc3cc(OC)c(OC)cc3C2)n1. The Labute approximate surface area is 164 Å². The minimum atomic E-state index is -0.338. The summed E-state index contributed by atoms with van der Waals surface area (Å²) in [5.74, 6) is 0.768. The summed E-state index contributed by atoms with van der Waals surface area (Å²) in [7, 11) is 3.19. The van der Waals surface area contributed by atoms with Gasteiger partial charge in [0.25, 0.3) is 11.8 Å². The maximum Gasteiger partial charge on any atom is 0.272 e. The van der Waals surface area contributed by atoms with Gasteiger partial charge in [0.1, 0.15) is 11.4 Å². The summed E-state index contributed by atoms with van der Waals surface area (Å²) in [4.78, 5) is 31.0. The van der Waals surface area contributed by atoms with Crippen LogP contribution in [0.2, 0.25) is 0 Å². The molecule has 0 saturated heterocycles. The molecule has 2 heterocycles. The molecular formula is C21H23N3O4. The molecule has 0 spiro atoms. The molecule has 1 N–H and O–H groups in total. The fourth-order valence-corrected chi connectivity index (χ4v) is 3.15. The topological polar surface area (TPSA) is 80.8 Å². The van der Waals surface area contributed by atoms with Crippen LogP contribution in [0.5, 0.6) is 11.5 Å². The van der Waals surface area contributed by atoms with Crippen molar-refractivity contribution in [2.24, 2.45) is 0 Å². The number of amides is 2. The second-order valence-electron chi connectivity index (χ2n) is 6.36. The van der Waals surface area contributed by atoms with Crippen LogP contribution in [0, 0.1) is 0 Å². The van der Waals surface area contributed by atoms with Crippen molar-refractivity contribution in [2.45, 2.75) is 13.0 Å². The van der Waals surface area contributed by atoms with E-state index in [-0.39, 0.29) is 23.2 Å². The predicted octanol–water partition coefficient (Wildman–Crippen LogP) is 2.21. The van der Waals surface area contributed by atoms with E-state index in [9.17, 15) is 9.59 Å². The lowest BCUT2D eigenvalue weighted by Gasteiger charge is -2.29. The summed E-state index contributed by atoms with van der Waals surface area (Å²) in [6, 6.07) is 8.72. The third-order valence-electron chi connectivity index (χ3n) is 4.61. The molecule has 7 heteroatoms. The molecule has 1 aromatic heterocycles. The van der Waals surface area contributed by atoms with Gasteiger partial charge in [-0.2, -0.15) is 0 Å². The van der Waals surface area contributed by atoms with Crippen molar-refractivity contribution in [1.82, 2.24) is 15.2 Å². The van der Waals surface area contributed by atoms with E-state index >= 15 is 0 Å². The zero-order chi connectivity index (χ0) is 20.1. The minimum Gasteiger partial charge on any atom is -0.493 e. The highest BCUT2D eigenvalue weighted by Crippen LogP contribution is 2.33. The van der Waals surface area contributed by atoms with Gasteiger partial charge >= 0.3 is 0 Å². The Morgan fingerprint density at radius 3 is 2.54 bits per heavy atom. The van der Waals surface area contributed by atoms with Gasteiger partial charge in [0, 0.05) is 19.6 Å². The van der Waals surface area contributed by atoms with Gasteiger partial charge in [-0.05, 0) is 41.8 Å². The van der Waals surface area contributed by atoms with E-state index in [0.29, 0.717) is 37.6 Å². The van der Waals surface area contributed by atoms with Crippen LogP contribution >= 0.6 is 0 Å². The Morgan fingerprint density at radius 2 is 1.86 bits per heavy atom. The third kappa shape index (κ3) is 3.98. The van der Waals surface area contributed by atoms with E-state index in [4.69, 9.17) is 9.47 Å². The van der Waals surface area contributed by atoms with Gasteiger partial charge in [0.2, 0.25) is 0 Å². The molecule has 28 heavy (non-hydrogen) atoms. The lowest BCUT2D eigenvalue weighted by atomic mass is 9.98. The molecule has 3 rings (SSSR count). The van der Waals surface area contributed by atoms with Crippen molar-refractivity contribution < 1.29 is 19.1 Å². The van der Waals surface area contributed by atoms with Crippen LogP contribution in [-0.4, -0.2) is 49.0 Å². The number of aromatic nitrogens is 1. The molecule has 2 aromatic rings. The van der Waals surface area contributed by atoms with E-state index in [1.807, 2.05) is 12.1 Å². The number of ether oxygens (including phenoxy) is 2. The number of hydrogen-bond acceptors (Lipinski definition) is 5. The number of fused-ring (bicyclic) bond motifs is 1. The van der Waals surface area contributed by atoms with Gasteiger partial charge in [0.05, 0.1) is 14.2 Å². The first kappa shape index (κ1) is 19.4. The Bertz CT molecular complexity index is 911. The van der Waals surface area contributed by atoms with Crippen molar-refractivity contribution in [1.29, 1.82) is 0 Å². The van der Waals surface area contributed by atoms with Crippen LogP contribution in [0.25, 0.3) is 0 Å². The smallest absolute Gasteiger partial charge is 0.272 e. The highest BCUT2D eigenvalue weighted by Gasteiger charge is 2.25. The van der Waals surface area contributed by atoms with Crippen LogP contribution < -0.4 is 14.8 Å². The molecule has 2 amide bonds. The van der Waals surface area contributed by atoms with Gasteiger partial charge in [-0.1, -0.05) is 12.1 Å². The van der Waals surface area contributed by atoms with E-state index in [0.717, 1.165) is 11.1 Å². The highest BCUT2D eigenvalue weighted by molar-refractivity contribution is 5.96. The maximum atomic E-state index is 12.9. The fraction of sp³-hybridized carbons (Fsp3) is 0.286. The van der Waals surface area contributed by atoms with Gasteiger partial charge in [-0.3, -0.25) is 9.59 Å². The van der Waals surface area contributed by atoms with Gasteiger partial charge in [0.15, 0.2) is 11.5 Å². The Hall–Kier alpha value is -3.35. The van der Waals surface area contributed by atoms with Crippen LogP contribution in [0.1, 0.15) is 32.1 Å². The van der Waals surface area contributed by atoms with Gasteiger partial charge < -0.3 is 19.7 Å². The third-order valence-corrected chi connectivity index (χ3v) is 4.61. The standard InChI is InChI=1S/C21H23N3O4/c1-4-9-22-20(25)16-6-5-7-17(23-16)21(26)24-10-8-14-11-18(27-2)19(28-3)12-15(14)13-24/h4-7,11-12H,1,8-10,13H2,2-3H3,(H,22,25). The predicted molar refractivity (Wildman–Crippen MR) is 105 cm³/mol. The molecular weight excluding hydrogens is 358 g/mol. The molecule has 0 unspecified atom stereocenters. The van der Waals surface area contributed by atoms with Crippen molar-refractivity contribution in [3.8, 4) is 11.5 Å². The average molecular weight is 381 g/mol. The first-order chi connectivity index (χ1) is 13.6. The van der Waals surface area contributed by atoms with Crippen LogP contribution in [0.3, 0.4) is 0 Å². The summed E-state index contributed by atoms with van der Waals surface area (Å²) in [6.07, 6.45) is 2.29. The molecule has 0 saturated carbocycles. The first-order valence-corrected chi connectivity index (χ1v) is 8.96. The highest BCUT2D eigenvalue weighted by atomic mass is 16.5. The molecule has 0 aliphatic carbocycles. The summed E-state index contributed by atoms with van der Waals surface area (Å²) >= 11 is 0. The lowest BCUT2D eigenvalue weighted by Crippen LogP contribution is -2.36. The zero-order valence-electron chi connectivity index (χ0n) is 16.0. The number of hydrogen-bond donors (Lipinski definition) is 1. The fourth-order valence-electron chi connectivity index (χ4n) is 3.15. The summed E-state index contributed by atoms with van der Waals surface area (Å²) in [6.45, 7) is 4.92. The molecule has 7 nitrogen and oxygen atoms in total. The van der Waals surface area contributed by atoms with E-state index in [1.54, 1.807) is 43.4 Å². The number of benzene rings is 1. The second kappa shape index (κ2) is 8.56. The van der Waals surface area contributed by atoms with E-state index < -0.39 is 0 Å². The largest absolute Gasteiger partial charge is 0.493 e. The molecule has 146 valence electrons. The molecule has 0 fully saturated rings.